The standard InChI is InChI=1S/C22H21ClFN5O2S/c23-16-5-9-18(10-6-16)26-19(30)21-28-27-20(32-21)15-2-1-11-29(13-15)22(31)25-12-14-3-7-17(24)8-4-14/h3-10,15H,1-2,11-13H2,(H,25,31)(H,26,30). The lowest BCUT2D eigenvalue weighted by molar-refractivity contribution is 0.102. The van der Waals surface area contributed by atoms with Crippen LogP contribution in [0.5, 0.6) is 0 Å². The maximum atomic E-state index is 13.0. The molecule has 0 aliphatic carbocycles. The molecule has 7 nitrogen and oxygen atoms in total. The highest BCUT2D eigenvalue weighted by molar-refractivity contribution is 7.13. The third-order valence-electron chi connectivity index (χ3n) is 5.15. The molecule has 2 heterocycles. The summed E-state index contributed by atoms with van der Waals surface area (Å²) in [6.45, 7) is 1.48. The summed E-state index contributed by atoms with van der Waals surface area (Å²) in [7, 11) is 0. The quantitative estimate of drug-likeness (QED) is 0.563. The van der Waals surface area contributed by atoms with E-state index < -0.39 is 0 Å². The van der Waals surface area contributed by atoms with Crippen LogP contribution in [-0.2, 0) is 6.54 Å². The molecule has 1 fully saturated rings. The molecule has 3 aromatic rings. The van der Waals surface area contributed by atoms with Gasteiger partial charge in [-0.3, -0.25) is 4.79 Å². The van der Waals surface area contributed by atoms with Gasteiger partial charge in [0.2, 0.25) is 5.01 Å². The van der Waals surface area contributed by atoms with Gasteiger partial charge in [-0.1, -0.05) is 35.1 Å². The van der Waals surface area contributed by atoms with E-state index in [4.69, 9.17) is 11.6 Å². The van der Waals surface area contributed by atoms with Crippen LogP contribution in [0, 0.1) is 5.82 Å². The molecular weight excluding hydrogens is 453 g/mol. The van der Waals surface area contributed by atoms with Crippen molar-refractivity contribution in [2.45, 2.75) is 25.3 Å². The van der Waals surface area contributed by atoms with Crippen LogP contribution in [-0.4, -0.2) is 40.1 Å². The highest BCUT2D eigenvalue weighted by atomic mass is 35.5. The molecule has 0 bridgehead atoms. The zero-order valence-corrected chi connectivity index (χ0v) is 18.6. The lowest BCUT2D eigenvalue weighted by Crippen LogP contribution is -2.44. The number of aromatic nitrogens is 2. The van der Waals surface area contributed by atoms with E-state index in [1.807, 2.05) is 0 Å². The zero-order valence-electron chi connectivity index (χ0n) is 17.1. The topological polar surface area (TPSA) is 87.2 Å². The van der Waals surface area contributed by atoms with Crippen molar-refractivity contribution in [3.63, 3.8) is 0 Å². The van der Waals surface area contributed by atoms with Crippen LogP contribution in [0.2, 0.25) is 5.02 Å². The number of benzene rings is 2. The molecule has 2 N–H and O–H groups in total. The van der Waals surface area contributed by atoms with E-state index in [-0.39, 0.29) is 28.7 Å². The molecule has 0 radical (unpaired) electrons. The minimum absolute atomic E-state index is 0.0231. The summed E-state index contributed by atoms with van der Waals surface area (Å²) in [5, 5.41) is 15.5. The second kappa shape index (κ2) is 10.1. The third kappa shape index (κ3) is 5.60. The normalized spacial score (nSPS) is 15.9. The summed E-state index contributed by atoms with van der Waals surface area (Å²) in [6, 6.07) is 12.7. The molecule has 166 valence electrons. The van der Waals surface area contributed by atoms with Gasteiger partial charge in [-0.25, -0.2) is 9.18 Å². The number of nitrogens with one attached hydrogen (secondary N) is 2. The van der Waals surface area contributed by atoms with Gasteiger partial charge in [0.1, 0.15) is 10.8 Å². The van der Waals surface area contributed by atoms with E-state index >= 15 is 0 Å². The summed E-state index contributed by atoms with van der Waals surface area (Å²) in [4.78, 5) is 26.8. The van der Waals surface area contributed by atoms with Crippen molar-refractivity contribution < 1.29 is 14.0 Å². The Hall–Kier alpha value is -3.04. The molecule has 1 aliphatic heterocycles. The molecule has 32 heavy (non-hydrogen) atoms. The number of halogens is 2. The smallest absolute Gasteiger partial charge is 0.317 e. The van der Waals surface area contributed by atoms with Crippen LogP contribution in [0.4, 0.5) is 14.9 Å². The molecular formula is C22H21ClFN5O2S. The number of likely N-dealkylation sites (tertiary alicyclic amines) is 1. The Morgan fingerprint density at radius 1 is 1.12 bits per heavy atom. The van der Waals surface area contributed by atoms with E-state index in [9.17, 15) is 14.0 Å². The molecule has 1 unspecified atom stereocenters. The average Bonchev–Trinajstić information content (AvgIpc) is 3.31. The maximum Gasteiger partial charge on any atom is 0.317 e. The maximum absolute atomic E-state index is 13.0. The fourth-order valence-electron chi connectivity index (χ4n) is 3.46. The zero-order chi connectivity index (χ0) is 22.5. The molecule has 1 atom stereocenters. The predicted octanol–water partition coefficient (Wildman–Crippen LogP) is 4.67. The highest BCUT2D eigenvalue weighted by Gasteiger charge is 2.28. The Morgan fingerprint density at radius 2 is 1.88 bits per heavy atom. The van der Waals surface area contributed by atoms with Crippen molar-refractivity contribution in [2.75, 3.05) is 18.4 Å². The summed E-state index contributed by atoms with van der Waals surface area (Å²) in [6.07, 6.45) is 1.70. The van der Waals surface area contributed by atoms with Gasteiger partial charge >= 0.3 is 6.03 Å². The summed E-state index contributed by atoms with van der Waals surface area (Å²) in [5.41, 5.74) is 1.45. The van der Waals surface area contributed by atoms with Gasteiger partial charge in [-0.2, -0.15) is 0 Å². The van der Waals surface area contributed by atoms with Gasteiger partial charge in [0.25, 0.3) is 5.91 Å². The summed E-state index contributed by atoms with van der Waals surface area (Å²) in [5.74, 6) is -0.618. The number of hydrogen-bond acceptors (Lipinski definition) is 5. The van der Waals surface area contributed by atoms with Crippen LogP contribution >= 0.6 is 22.9 Å². The highest BCUT2D eigenvalue weighted by Crippen LogP contribution is 2.29. The van der Waals surface area contributed by atoms with Gasteiger partial charge in [-0.15, -0.1) is 10.2 Å². The summed E-state index contributed by atoms with van der Waals surface area (Å²) >= 11 is 7.11. The van der Waals surface area contributed by atoms with Gasteiger partial charge in [0.15, 0.2) is 0 Å². The Balaban J connectivity index is 1.33. The molecule has 10 heteroatoms. The van der Waals surface area contributed by atoms with Crippen LogP contribution in [0.1, 0.15) is 39.1 Å². The van der Waals surface area contributed by atoms with Crippen molar-refractivity contribution in [3.8, 4) is 0 Å². The van der Waals surface area contributed by atoms with Crippen molar-refractivity contribution in [3.05, 3.63) is 74.9 Å². The largest absolute Gasteiger partial charge is 0.334 e. The fraction of sp³-hybridized carbons (Fsp3) is 0.273. The molecule has 2 aromatic carbocycles. The number of rotatable bonds is 5. The first-order valence-electron chi connectivity index (χ1n) is 10.2. The van der Waals surface area contributed by atoms with Gasteiger partial charge in [0.05, 0.1) is 0 Å². The first kappa shape index (κ1) is 22.2. The average molecular weight is 474 g/mol. The molecule has 1 saturated heterocycles. The van der Waals surface area contributed by atoms with E-state index in [0.29, 0.717) is 30.3 Å². The van der Waals surface area contributed by atoms with Crippen LogP contribution in [0.15, 0.2) is 48.5 Å². The monoisotopic (exact) mass is 473 g/mol. The Kier molecular flexibility index (Phi) is 6.96. The first-order valence-corrected chi connectivity index (χ1v) is 11.3. The van der Waals surface area contributed by atoms with Crippen molar-refractivity contribution in [1.29, 1.82) is 0 Å². The number of amides is 3. The molecule has 1 aliphatic rings. The van der Waals surface area contributed by atoms with Gasteiger partial charge in [0, 0.05) is 36.3 Å². The fourth-order valence-corrected chi connectivity index (χ4v) is 4.45. The molecule has 0 spiro atoms. The van der Waals surface area contributed by atoms with E-state index in [2.05, 4.69) is 20.8 Å². The number of carbonyl (C=O) groups excluding carboxylic acids is 2. The third-order valence-corrected chi connectivity index (χ3v) is 6.49. The Bertz CT molecular complexity index is 1090. The van der Waals surface area contributed by atoms with E-state index in [1.54, 1.807) is 41.3 Å². The SMILES string of the molecule is O=C(Nc1ccc(Cl)cc1)c1nnc(C2CCCN(C(=O)NCc3ccc(F)cc3)C2)s1. The minimum Gasteiger partial charge on any atom is -0.334 e. The van der Waals surface area contributed by atoms with Crippen molar-refractivity contribution >= 4 is 40.6 Å². The molecule has 3 amide bonds. The predicted molar refractivity (Wildman–Crippen MR) is 121 cm³/mol. The number of piperidine rings is 1. The van der Waals surface area contributed by atoms with E-state index in [0.717, 1.165) is 23.4 Å². The van der Waals surface area contributed by atoms with Crippen molar-refractivity contribution in [1.82, 2.24) is 20.4 Å². The molecule has 4 rings (SSSR count). The van der Waals surface area contributed by atoms with E-state index in [1.165, 1.54) is 23.5 Å². The van der Waals surface area contributed by atoms with Crippen molar-refractivity contribution in [2.24, 2.45) is 0 Å². The first-order chi connectivity index (χ1) is 15.5. The molecule has 1 aromatic heterocycles. The van der Waals surface area contributed by atoms with Gasteiger partial charge < -0.3 is 15.5 Å². The number of nitrogens with zero attached hydrogens (tertiary/aromatic N) is 3. The Labute approximate surface area is 193 Å². The number of urea groups is 1. The lowest BCUT2D eigenvalue weighted by atomic mass is 9.99. The molecule has 0 saturated carbocycles. The number of anilines is 1. The summed E-state index contributed by atoms with van der Waals surface area (Å²) < 4.78 is 13.0. The van der Waals surface area contributed by atoms with Crippen LogP contribution in [0.3, 0.4) is 0 Å². The lowest BCUT2D eigenvalue weighted by Gasteiger charge is -2.31. The number of carbonyl (C=O) groups is 2. The second-order valence-electron chi connectivity index (χ2n) is 7.48. The Morgan fingerprint density at radius 3 is 2.62 bits per heavy atom. The van der Waals surface area contributed by atoms with Crippen LogP contribution < -0.4 is 10.6 Å². The second-order valence-corrected chi connectivity index (χ2v) is 8.92. The van der Waals surface area contributed by atoms with Gasteiger partial charge in [-0.05, 0) is 54.8 Å². The van der Waals surface area contributed by atoms with Crippen LogP contribution in [0.25, 0.3) is 0 Å². The number of hydrogen-bond donors (Lipinski definition) is 2. The minimum atomic E-state index is -0.333.